The second-order valence-corrected chi connectivity index (χ2v) is 4.74. The molecule has 0 aliphatic carbocycles. The quantitative estimate of drug-likeness (QED) is 0.783. The molecule has 0 bridgehead atoms. The summed E-state index contributed by atoms with van der Waals surface area (Å²) in [6.45, 7) is 7.50. The van der Waals surface area contributed by atoms with Crippen LogP contribution in [0.15, 0.2) is 0 Å². The monoisotopic (exact) mass is 248 g/mol. The number of amides is 1. The summed E-state index contributed by atoms with van der Waals surface area (Å²) in [5.74, 6) is 0.757. The van der Waals surface area contributed by atoms with E-state index in [9.17, 15) is 4.79 Å². The number of nitrogens with one attached hydrogen (secondary N) is 2. The van der Waals surface area contributed by atoms with Gasteiger partial charge in [0, 0.05) is 18.5 Å². The lowest BCUT2D eigenvalue weighted by Gasteiger charge is -2.20. The van der Waals surface area contributed by atoms with Gasteiger partial charge < -0.3 is 10.6 Å². The molecule has 0 spiro atoms. The first-order chi connectivity index (χ1) is 7.13. The van der Waals surface area contributed by atoms with E-state index in [0.29, 0.717) is 24.4 Å². The SMILES string of the molecule is CCC(C)C(C)NC(=O)CC1CCCN1.Cl. The van der Waals surface area contributed by atoms with Crippen LogP contribution in [0.25, 0.3) is 0 Å². The molecule has 0 saturated carbocycles. The minimum Gasteiger partial charge on any atom is -0.353 e. The molecule has 0 radical (unpaired) electrons. The summed E-state index contributed by atoms with van der Waals surface area (Å²) in [5.41, 5.74) is 0. The Morgan fingerprint density at radius 2 is 2.19 bits per heavy atom. The fourth-order valence-electron chi connectivity index (χ4n) is 1.96. The third kappa shape index (κ3) is 5.17. The van der Waals surface area contributed by atoms with Crippen LogP contribution in [-0.4, -0.2) is 24.5 Å². The van der Waals surface area contributed by atoms with Crippen LogP contribution >= 0.6 is 12.4 Å². The van der Waals surface area contributed by atoms with Crippen molar-refractivity contribution in [2.75, 3.05) is 6.54 Å². The topological polar surface area (TPSA) is 41.1 Å². The summed E-state index contributed by atoms with van der Waals surface area (Å²) in [7, 11) is 0. The lowest BCUT2D eigenvalue weighted by Crippen LogP contribution is -2.39. The van der Waals surface area contributed by atoms with Gasteiger partial charge in [0.15, 0.2) is 0 Å². The fraction of sp³-hybridized carbons (Fsp3) is 0.917. The van der Waals surface area contributed by atoms with E-state index in [1.807, 2.05) is 0 Å². The molecule has 1 aliphatic rings. The summed E-state index contributed by atoms with van der Waals surface area (Å²) in [6, 6.07) is 0.707. The van der Waals surface area contributed by atoms with E-state index >= 15 is 0 Å². The Bertz CT molecular complexity index is 205. The van der Waals surface area contributed by atoms with E-state index in [4.69, 9.17) is 0 Å². The molecule has 1 fully saturated rings. The first-order valence-corrected chi connectivity index (χ1v) is 6.16. The maximum absolute atomic E-state index is 11.7. The average Bonchev–Trinajstić information content (AvgIpc) is 2.68. The molecular formula is C12H25ClN2O. The molecular weight excluding hydrogens is 224 g/mol. The van der Waals surface area contributed by atoms with Crippen molar-refractivity contribution < 1.29 is 4.79 Å². The Labute approximate surface area is 105 Å². The van der Waals surface area contributed by atoms with Crippen molar-refractivity contribution in [3.05, 3.63) is 0 Å². The van der Waals surface area contributed by atoms with Gasteiger partial charge in [0.1, 0.15) is 0 Å². The van der Waals surface area contributed by atoms with Crippen molar-refractivity contribution in [1.29, 1.82) is 0 Å². The third-order valence-electron chi connectivity index (χ3n) is 3.48. The van der Waals surface area contributed by atoms with E-state index in [0.717, 1.165) is 19.4 Å². The number of hydrogen-bond acceptors (Lipinski definition) is 2. The summed E-state index contributed by atoms with van der Waals surface area (Å²) >= 11 is 0. The van der Waals surface area contributed by atoms with Gasteiger partial charge in [0.05, 0.1) is 0 Å². The summed E-state index contributed by atoms with van der Waals surface area (Å²) in [6.07, 6.45) is 4.11. The maximum atomic E-state index is 11.7. The third-order valence-corrected chi connectivity index (χ3v) is 3.48. The number of carbonyl (C=O) groups excluding carboxylic acids is 1. The normalized spacial score (nSPS) is 23.3. The molecule has 0 aromatic heterocycles. The number of hydrogen-bond donors (Lipinski definition) is 2. The first-order valence-electron chi connectivity index (χ1n) is 6.16. The van der Waals surface area contributed by atoms with Crippen LogP contribution < -0.4 is 10.6 Å². The minimum atomic E-state index is 0. The molecule has 96 valence electrons. The van der Waals surface area contributed by atoms with Crippen LogP contribution in [0, 0.1) is 5.92 Å². The van der Waals surface area contributed by atoms with Crippen molar-refractivity contribution in [2.45, 2.75) is 58.5 Å². The number of carbonyl (C=O) groups is 1. The molecule has 0 aromatic rings. The van der Waals surface area contributed by atoms with Crippen LogP contribution in [0.2, 0.25) is 0 Å². The zero-order valence-electron chi connectivity index (χ0n) is 10.6. The summed E-state index contributed by atoms with van der Waals surface area (Å²) in [4.78, 5) is 11.7. The van der Waals surface area contributed by atoms with E-state index in [1.54, 1.807) is 0 Å². The van der Waals surface area contributed by atoms with Crippen molar-refractivity contribution in [2.24, 2.45) is 5.92 Å². The Hall–Kier alpha value is -0.280. The van der Waals surface area contributed by atoms with Crippen LogP contribution in [0.3, 0.4) is 0 Å². The highest BCUT2D eigenvalue weighted by atomic mass is 35.5. The highest BCUT2D eigenvalue weighted by Gasteiger charge is 2.19. The van der Waals surface area contributed by atoms with E-state index in [-0.39, 0.29) is 18.3 Å². The van der Waals surface area contributed by atoms with Gasteiger partial charge in [-0.1, -0.05) is 20.3 Å². The van der Waals surface area contributed by atoms with Gasteiger partial charge in [-0.15, -0.1) is 12.4 Å². The van der Waals surface area contributed by atoms with Gasteiger partial charge >= 0.3 is 0 Å². The Morgan fingerprint density at radius 3 is 2.69 bits per heavy atom. The van der Waals surface area contributed by atoms with E-state index < -0.39 is 0 Å². The number of halogens is 1. The van der Waals surface area contributed by atoms with Gasteiger partial charge in [-0.25, -0.2) is 0 Å². The standard InChI is InChI=1S/C12H24N2O.ClH/c1-4-9(2)10(3)14-12(15)8-11-6-5-7-13-11;/h9-11,13H,4-8H2,1-3H3,(H,14,15);1H. The second kappa shape index (κ2) is 7.91. The van der Waals surface area contributed by atoms with Gasteiger partial charge in [-0.3, -0.25) is 4.79 Å². The van der Waals surface area contributed by atoms with Gasteiger partial charge in [-0.2, -0.15) is 0 Å². The molecule has 3 nitrogen and oxygen atoms in total. The predicted octanol–water partition coefficient (Wildman–Crippen LogP) is 2.10. The molecule has 1 aliphatic heterocycles. The Kier molecular flexibility index (Phi) is 7.77. The molecule has 0 aromatic carbocycles. The largest absolute Gasteiger partial charge is 0.353 e. The molecule has 1 rings (SSSR count). The van der Waals surface area contributed by atoms with Gasteiger partial charge in [-0.05, 0) is 32.2 Å². The zero-order chi connectivity index (χ0) is 11.3. The van der Waals surface area contributed by atoms with E-state index in [2.05, 4.69) is 31.4 Å². The van der Waals surface area contributed by atoms with Crippen LogP contribution in [0.5, 0.6) is 0 Å². The van der Waals surface area contributed by atoms with Crippen LogP contribution in [0.1, 0.15) is 46.5 Å². The van der Waals surface area contributed by atoms with Crippen molar-refractivity contribution in [1.82, 2.24) is 10.6 Å². The molecule has 1 heterocycles. The number of rotatable bonds is 5. The van der Waals surface area contributed by atoms with Gasteiger partial charge in [0.25, 0.3) is 0 Å². The van der Waals surface area contributed by atoms with Crippen LogP contribution in [-0.2, 0) is 4.79 Å². The molecule has 1 amide bonds. The summed E-state index contributed by atoms with van der Waals surface area (Å²) in [5, 5.41) is 6.42. The molecule has 4 heteroatoms. The molecule has 3 unspecified atom stereocenters. The Morgan fingerprint density at radius 1 is 1.50 bits per heavy atom. The molecule has 2 N–H and O–H groups in total. The first kappa shape index (κ1) is 15.7. The lowest BCUT2D eigenvalue weighted by atomic mass is 10.0. The van der Waals surface area contributed by atoms with Crippen molar-refractivity contribution >= 4 is 18.3 Å². The van der Waals surface area contributed by atoms with Gasteiger partial charge in [0.2, 0.25) is 5.91 Å². The van der Waals surface area contributed by atoms with Crippen molar-refractivity contribution in [3.63, 3.8) is 0 Å². The van der Waals surface area contributed by atoms with Crippen molar-refractivity contribution in [3.8, 4) is 0 Å². The Balaban J connectivity index is 0.00000225. The fourth-order valence-corrected chi connectivity index (χ4v) is 1.96. The zero-order valence-corrected chi connectivity index (χ0v) is 11.4. The smallest absolute Gasteiger partial charge is 0.221 e. The predicted molar refractivity (Wildman–Crippen MR) is 69.9 cm³/mol. The van der Waals surface area contributed by atoms with E-state index in [1.165, 1.54) is 6.42 Å². The lowest BCUT2D eigenvalue weighted by molar-refractivity contribution is -0.122. The van der Waals surface area contributed by atoms with Crippen LogP contribution in [0.4, 0.5) is 0 Å². The molecule has 16 heavy (non-hydrogen) atoms. The average molecular weight is 249 g/mol. The second-order valence-electron chi connectivity index (χ2n) is 4.74. The summed E-state index contributed by atoms with van der Waals surface area (Å²) < 4.78 is 0. The maximum Gasteiger partial charge on any atom is 0.221 e. The highest BCUT2D eigenvalue weighted by Crippen LogP contribution is 2.10. The molecule has 1 saturated heterocycles. The minimum absolute atomic E-state index is 0. The molecule has 3 atom stereocenters. The highest BCUT2D eigenvalue weighted by molar-refractivity contribution is 5.85.